The Balaban J connectivity index is 1.30. The molecule has 0 bridgehead atoms. The third kappa shape index (κ3) is 3.65. The van der Waals surface area contributed by atoms with E-state index in [2.05, 4.69) is 22.2 Å². The molecule has 1 amide bonds. The van der Waals surface area contributed by atoms with Gasteiger partial charge in [0.05, 0.1) is 21.8 Å². The van der Waals surface area contributed by atoms with E-state index in [1.54, 1.807) is 11.3 Å². The number of rotatable bonds is 3. The van der Waals surface area contributed by atoms with Crippen LogP contribution in [0.15, 0.2) is 48.5 Å². The molecule has 1 aliphatic rings. The number of carbonyl (C=O) groups excluding carboxylic acids is 1. The lowest BCUT2D eigenvalue weighted by Crippen LogP contribution is -2.33. The van der Waals surface area contributed by atoms with Crippen LogP contribution in [-0.4, -0.2) is 43.6 Å². The summed E-state index contributed by atoms with van der Waals surface area (Å²) in [4.78, 5) is 24.1. The van der Waals surface area contributed by atoms with E-state index < -0.39 is 0 Å². The minimum Gasteiger partial charge on any atom is -0.336 e. The van der Waals surface area contributed by atoms with E-state index >= 15 is 0 Å². The van der Waals surface area contributed by atoms with Gasteiger partial charge >= 0.3 is 0 Å². The summed E-state index contributed by atoms with van der Waals surface area (Å²) in [6.45, 7) is 3.95. The fraction of sp³-hybridized carbons (Fsp3) is 0.273. The van der Waals surface area contributed by atoms with Crippen molar-refractivity contribution in [2.45, 2.75) is 26.3 Å². The van der Waals surface area contributed by atoms with E-state index in [1.165, 1.54) is 5.56 Å². The van der Waals surface area contributed by atoms with E-state index in [1.807, 2.05) is 52.9 Å². The van der Waals surface area contributed by atoms with Gasteiger partial charge in [-0.1, -0.05) is 30.3 Å². The number of fused-ring (bicyclic) bond motifs is 2. The van der Waals surface area contributed by atoms with Gasteiger partial charge in [-0.3, -0.25) is 4.79 Å². The van der Waals surface area contributed by atoms with Crippen LogP contribution in [0.3, 0.4) is 0 Å². The highest BCUT2D eigenvalue weighted by molar-refractivity contribution is 7.18. The second kappa shape index (κ2) is 7.40. The Bertz CT molecular complexity index is 1160. The van der Waals surface area contributed by atoms with Crippen LogP contribution in [0, 0.1) is 6.92 Å². The molecule has 5 rings (SSSR count). The Morgan fingerprint density at radius 1 is 1.07 bits per heavy atom. The number of nitrogens with zero attached hydrogens (tertiary/aromatic N) is 5. The molecule has 0 aliphatic carbocycles. The SMILES string of the molecule is Cc1nc2ccc(C(=O)N3CCc4nc(Cc5ccccc5)nn4CC3)cc2s1. The molecule has 0 unspecified atom stereocenters. The number of hydrogen-bond donors (Lipinski definition) is 0. The zero-order valence-electron chi connectivity index (χ0n) is 16.2. The minimum absolute atomic E-state index is 0.0632. The number of carbonyl (C=O) groups is 1. The van der Waals surface area contributed by atoms with Gasteiger partial charge in [0.1, 0.15) is 5.82 Å². The van der Waals surface area contributed by atoms with Crippen molar-refractivity contribution in [3.8, 4) is 0 Å². The Hall–Kier alpha value is -3.06. The molecule has 2 aromatic carbocycles. The molecular formula is C22H21N5OS. The first-order chi connectivity index (χ1) is 14.2. The molecule has 29 heavy (non-hydrogen) atoms. The highest BCUT2D eigenvalue weighted by Gasteiger charge is 2.22. The second-order valence-corrected chi connectivity index (χ2v) is 8.52. The monoisotopic (exact) mass is 403 g/mol. The van der Waals surface area contributed by atoms with Gasteiger partial charge in [-0.2, -0.15) is 5.10 Å². The summed E-state index contributed by atoms with van der Waals surface area (Å²) in [6.07, 6.45) is 1.45. The van der Waals surface area contributed by atoms with Gasteiger partial charge in [0.15, 0.2) is 5.82 Å². The van der Waals surface area contributed by atoms with Crippen LogP contribution in [0.2, 0.25) is 0 Å². The number of benzene rings is 2. The average molecular weight is 404 g/mol. The van der Waals surface area contributed by atoms with Crippen molar-refractivity contribution in [3.05, 3.63) is 76.3 Å². The van der Waals surface area contributed by atoms with Crippen LogP contribution < -0.4 is 0 Å². The molecule has 0 saturated carbocycles. The van der Waals surface area contributed by atoms with Crippen molar-refractivity contribution >= 4 is 27.5 Å². The van der Waals surface area contributed by atoms with Crippen LogP contribution in [0.1, 0.15) is 32.6 Å². The summed E-state index contributed by atoms with van der Waals surface area (Å²) < 4.78 is 3.02. The highest BCUT2D eigenvalue weighted by Crippen LogP contribution is 2.23. The van der Waals surface area contributed by atoms with Crippen molar-refractivity contribution in [1.82, 2.24) is 24.6 Å². The third-order valence-corrected chi connectivity index (χ3v) is 6.15. The van der Waals surface area contributed by atoms with Gasteiger partial charge in [0.2, 0.25) is 0 Å². The molecule has 0 spiro atoms. The highest BCUT2D eigenvalue weighted by atomic mass is 32.1. The molecule has 146 valence electrons. The first-order valence-corrected chi connectivity index (χ1v) is 10.6. The molecule has 6 nitrogen and oxygen atoms in total. The van der Waals surface area contributed by atoms with E-state index in [0.29, 0.717) is 19.6 Å². The normalized spacial score (nSPS) is 14.0. The van der Waals surface area contributed by atoms with Crippen molar-refractivity contribution in [3.63, 3.8) is 0 Å². The Kier molecular flexibility index (Phi) is 4.60. The maximum absolute atomic E-state index is 13.0. The molecule has 3 heterocycles. The van der Waals surface area contributed by atoms with Crippen LogP contribution in [-0.2, 0) is 19.4 Å². The molecule has 7 heteroatoms. The Morgan fingerprint density at radius 3 is 2.79 bits per heavy atom. The second-order valence-electron chi connectivity index (χ2n) is 7.29. The predicted octanol–water partition coefficient (Wildman–Crippen LogP) is 3.49. The predicted molar refractivity (Wildman–Crippen MR) is 113 cm³/mol. The molecule has 0 atom stereocenters. The lowest BCUT2D eigenvalue weighted by atomic mass is 10.1. The zero-order valence-corrected chi connectivity index (χ0v) is 17.0. The third-order valence-electron chi connectivity index (χ3n) is 5.21. The van der Waals surface area contributed by atoms with Crippen molar-refractivity contribution < 1.29 is 4.79 Å². The first-order valence-electron chi connectivity index (χ1n) is 9.79. The standard InChI is InChI=1S/C22H21N5OS/c1-15-23-18-8-7-17(14-19(18)29-15)22(28)26-10-9-21-24-20(25-27(21)12-11-26)13-16-5-3-2-4-6-16/h2-8,14H,9-13H2,1H3. The zero-order chi connectivity index (χ0) is 19.8. The minimum atomic E-state index is 0.0632. The smallest absolute Gasteiger partial charge is 0.253 e. The number of thiazole rings is 1. The average Bonchev–Trinajstić information content (AvgIpc) is 3.23. The molecular weight excluding hydrogens is 382 g/mol. The van der Waals surface area contributed by atoms with Gasteiger partial charge in [0.25, 0.3) is 5.91 Å². The van der Waals surface area contributed by atoms with Crippen LogP contribution in [0.25, 0.3) is 10.2 Å². The molecule has 0 fully saturated rings. The number of hydrogen-bond acceptors (Lipinski definition) is 5. The Labute approximate surface area is 172 Å². The molecule has 2 aromatic heterocycles. The van der Waals surface area contributed by atoms with Crippen LogP contribution >= 0.6 is 11.3 Å². The fourth-order valence-corrected chi connectivity index (χ4v) is 4.63. The molecule has 0 radical (unpaired) electrons. The molecule has 1 aliphatic heterocycles. The van der Waals surface area contributed by atoms with Gasteiger partial charge in [-0.05, 0) is 30.7 Å². The number of aromatic nitrogens is 4. The van der Waals surface area contributed by atoms with Crippen molar-refractivity contribution in [1.29, 1.82) is 0 Å². The van der Waals surface area contributed by atoms with Gasteiger partial charge in [-0.15, -0.1) is 11.3 Å². The lowest BCUT2D eigenvalue weighted by molar-refractivity contribution is 0.0758. The summed E-state index contributed by atoms with van der Waals surface area (Å²) >= 11 is 1.62. The summed E-state index contributed by atoms with van der Waals surface area (Å²) in [5, 5.41) is 5.69. The molecule has 0 N–H and O–H groups in total. The van der Waals surface area contributed by atoms with Gasteiger partial charge in [0, 0.05) is 31.5 Å². The summed E-state index contributed by atoms with van der Waals surface area (Å²) in [5.41, 5.74) is 2.88. The van der Waals surface area contributed by atoms with Crippen LogP contribution in [0.5, 0.6) is 0 Å². The summed E-state index contributed by atoms with van der Waals surface area (Å²) in [7, 11) is 0. The topological polar surface area (TPSA) is 63.9 Å². The summed E-state index contributed by atoms with van der Waals surface area (Å²) in [6, 6.07) is 16.0. The van der Waals surface area contributed by atoms with E-state index in [4.69, 9.17) is 4.98 Å². The van der Waals surface area contributed by atoms with Gasteiger partial charge < -0.3 is 4.90 Å². The van der Waals surface area contributed by atoms with Crippen molar-refractivity contribution in [2.75, 3.05) is 13.1 Å². The lowest BCUT2D eigenvalue weighted by Gasteiger charge is -2.20. The summed E-state index contributed by atoms with van der Waals surface area (Å²) in [5.74, 6) is 1.87. The van der Waals surface area contributed by atoms with E-state index in [-0.39, 0.29) is 5.91 Å². The fourth-order valence-electron chi connectivity index (χ4n) is 3.76. The quantitative estimate of drug-likeness (QED) is 0.525. The number of aryl methyl sites for hydroxylation is 1. The maximum Gasteiger partial charge on any atom is 0.253 e. The number of amides is 1. The Morgan fingerprint density at radius 2 is 1.93 bits per heavy atom. The van der Waals surface area contributed by atoms with E-state index in [0.717, 1.165) is 45.3 Å². The molecule has 0 saturated heterocycles. The first kappa shape index (κ1) is 18.0. The van der Waals surface area contributed by atoms with E-state index in [9.17, 15) is 4.79 Å². The maximum atomic E-state index is 13.0. The van der Waals surface area contributed by atoms with Gasteiger partial charge in [-0.25, -0.2) is 14.6 Å². The van der Waals surface area contributed by atoms with Crippen LogP contribution in [0.4, 0.5) is 0 Å². The molecule has 4 aromatic rings. The van der Waals surface area contributed by atoms with Crippen molar-refractivity contribution in [2.24, 2.45) is 0 Å². The largest absolute Gasteiger partial charge is 0.336 e.